The van der Waals surface area contributed by atoms with Gasteiger partial charge in [-0.15, -0.1) is 12.3 Å². The quantitative estimate of drug-likeness (QED) is 0.337. The minimum atomic E-state index is -0.835. The van der Waals surface area contributed by atoms with E-state index in [0.717, 1.165) is 5.56 Å². The fourth-order valence-corrected chi connectivity index (χ4v) is 2.68. The molecule has 0 aliphatic heterocycles. The zero-order valence-electron chi connectivity index (χ0n) is 17.3. The van der Waals surface area contributed by atoms with Crippen LogP contribution in [0.2, 0.25) is 0 Å². The standard InChI is InChI=1S/C22H30N2O5/c1-5-6-8-13-18(21(26)28-4)23-20(25)19(14-16(2)3)24-22(27)29-15-17-11-9-7-10-12-17/h1,7,9-12,16,18-19H,6,8,13-15H2,2-4H3,(H,23,25)(H,24,27)/t18-,19-/m0/s1. The Morgan fingerprint density at radius 2 is 1.79 bits per heavy atom. The smallest absolute Gasteiger partial charge is 0.408 e. The second kappa shape index (κ2) is 13.2. The Labute approximate surface area is 172 Å². The van der Waals surface area contributed by atoms with Gasteiger partial charge in [-0.1, -0.05) is 44.2 Å². The number of ether oxygens (including phenoxy) is 2. The Hall–Kier alpha value is -3.01. The molecule has 2 atom stereocenters. The van der Waals surface area contributed by atoms with Gasteiger partial charge in [-0.2, -0.15) is 0 Å². The van der Waals surface area contributed by atoms with E-state index in [1.54, 1.807) is 0 Å². The number of hydrogen-bond acceptors (Lipinski definition) is 5. The van der Waals surface area contributed by atoms with Crippen LogP contribution in [0.4, 0.5) is 4.79 Å². The van der Waals surface area contributed by atoms with Crippen LogP contribution in [-0.2, 0) is 25.7 Å². The Kier molecular flexibility index (Phi) is 10.9. The number of nitrogens with one attached hydrogen (secondary N) is 2. The van der Waals surface area contributed by atoms with Crippen molar-refractivity contribution in [2.45, 2.75) is 58.2 Å². The van der Waals surface area contributed by atoms with Crippen LogP contribution in [0.1, 0.15) is 45.1 Å². The summed E-state index contributed by atoms with van der Waals surface area (Å²) >= 11 is 0. The number of unbranched alkanes of at least 4 members (excludes halogenated alkanes) is 1. The number of methoxy groups -OCH3 is 1. The number of rotatable bonds is 11. The molecule has 1 rings (SSSR count). The van der Waals surface area contributed by atoms with Crippen LogP contribution in [-0.4, -0.2) is 37.2 Å². The van der Waals surface area contributed by atoms with Crippen molar-refractivity contribution in [2.75, 3.05) is 7.11 Å². The second-order valence-corrected chi connectivity index (χ2v) is 7.07. The Morgan fingerprint density at radius 3 is 2.38 bits per heavy atom. The summed E-state index contributed by atoms with van der Waals surface area (Å²) in [5.41, 5.74) is 0.840. The third-order valence-electron chi connectivity index (χ3n) is 4.14. The van der Waals surface area contributed by atoms with Crippen molar-refractivity contribution in [1.29, 1.82) is 0 Å². The van der Waals surface area contributed by atoms with Crippen LogP contribution in [0.3, 0.4) is 0 Å². The van der Waals surface area contributed by atoms with E-state index in [0.29, 0.717) is 25.7 Å². The molecule has 0 aliphatic carbocycles. The summed E-state index contributed by atoms with van der Waals surface area (Å²) in [5.74, 6) is 1.62. The van der Waals surface area contributed by atoms with Gasteiger partial charge in [-0.3, -0.25) is 4.79 Å². The van der Waals surface area contributed by atoms with E-state index in [9.17, 15) is 14.4 Å². The molecule has 0 radical (unpaired) electrons. The summed E-state index contributed by atoms with van der Waals surface area (Å²) in [6, 6.07) is 7.58. The molecule has 0 unspecified atom stereocenters. The lowest BCUT2D eigenvalue weighted by molar-refractivity contribution is -0.145. The predicted molar refractivity (Wildman–Crippen MR) is 110 cm³/mol. The van der Waals surface area contributed by atoms with Gasteiger partial charge >= 0.3 is 12.1 Å². The molecule has 2 amide bonds. The van der Waals surface area contributed by atoms with Gasteiger partial charge in [-0.05, 0) is 30.7 Å². The first-order valence-electron chi connectivity index (χ1n) is 9.66. The van der Waals surface area contributed by atoms with Crippen LogP contribution < -0.4 is 10.6 Å². The molecule has 0 saturated heterocycles. The first-order valence-corrected chi connectivity index (χ1v) is 9.66. The molecular formula is C22H30N2O5. The highest BCUT2D eigenvalue weighted by Gasteiger charge is 2.28. The highest BCUT2D eigenvalue weighted by molar-refractivity contribution is 5.89. The normalized spacial score (nSPS) is 12.4. The Balaban J connectivity index is 2.70. The molecule has 0 spiro atoms. The molecule has 7 heteroatoms. The molecule has 1 aromatic rings. The molecule has 0 aromatic heterocycles. The van der Waals surface area contributed by atoms with Gasteiger partial charge in [0.15, 0.2) is 0 Å². The third-order valence-corrected chi connectivity index (χ3v) is 4.14. The highest BCUT2D eigenvalue weighted by Crippen LogP contribution is 2.09. The summed E-state index contributed by atoms with van der Waals surface area (Å²) < 4.78 is 9.96. The van der Waals surface area contributed by atoms with E-state index in [4.69, 9.17) is 15.9 Å². The predicted octanol–water partition coefficient (Wildman–Crippen LogP) is 2.79. The molecular weight excluding hydrogens is 372 g/mol. The summed E-state index contributed by atoms with van der Waals surface area (Å²) in [6.45, 7) is 3.96. The first-order chi connectivity index (χ1) is 13.9. The van der Waals surface area contributed by atoms with Crippen LogP contribution in [0.15, 0.2) is 30.3 Å². The SMILES string of the molecule is C#CCCC[C@H](NC(=O)[C@H](CC(C)C)NC(=O)OCc1ccccc1)C(=O)OC. The minimum Gasteiger partial charge on any atom is -0.467 e. The molecule has 7 nitrogen and oxygen atoms in total. The van der Waals surface area contributed by atoms with Gasteiger partial charge in [0.25, 0.3) is 0 Å². The summed E-state index contributed by atoms with van der Waals surface area (Å²) in [4.78, 5) is 36.9. The Bertz CT molecular complexity index is 697. The zero-order valence-corrected chi connectivity index (χ0v) is 17.3. The van der Waals surface area contributed by atoms with Crippen molar-refractivity contribution in [3.63, 3.8) is 0 Å². The van der Waals surface area contributed by atoms with E-state index in [1.807, 2.05) is 44.2 Å². The molecule has 0 saturated carbocycles. The lowest BCUT2D eigenvalue weighted by Crippen LogP contribution is -2.52. The van der Waals surface area contributed by atoms with Crippen molar-refractivity contribution in [3.8, 4) is 12.3 Å². The maximum absolute atomic E-state index is 12.7. The van der Waals surface area contributed by atoms with E-state index in [-0.39, 0.29) is 12.5 Å². The maximum atomic E-state index is 12.7. The van der Waals surface area contributed by atoms with Gasteiger partial charge in [0, 0.05) is 6.42 Å². The molecule has 0 fully saturated rings. The molecule has 29 heavy (non-hydrogen) atoms. The molecule has 0 aliphatic rings. The van der Waals surface area contributed by atoms with Gasteiger partial charge in [0.2, 0.25) is 5.91 Å². The van der Waals surface area contributed by atoms with Crippen molar-refractivity contribution >= 4 is 18.0 Å². The lowest BCUT2D eigenvalue weighted by atomic mass is 10.0. The number of alkyl carbamates (subject to hydrolysis) is 1. The number of carbonyl (C=O) groups excluding carboxylic acids is 3. The first kappa shape index (κ1) is 24.0. The van der Waals surface area contributed by atoms with Crippen LogP contribution in [0.5, 0.6) is 0 Å². The largest absolute Gasteiger partial charge is 0.467 e. The Morgan fingerprint density at radius 1 is 1.10 bits per heavy atom. The molecule has 1 aromatic carbocycles. The van der Waals surface area contributed by atoms with Crippen molar-refractivity contribution < 1.29 is 23.9 Å². The molecule has 0 heterocycles. The van der Waals surface area contributed by atoms with E-state index < -0.39 is 30.1 Å². The van der Waals surface area contributed by atoms with Gasteiger partial charge in [0.05, 0.1) is 7.11 Å². The van der Waals surface area contributed by atoms with Crippen molar-refractivity contribution in [1.82, 2.24) is 10.6 Å². The molecule has 2 N–H and O–H groups in total. The average Bonchev–Trinajstić information content (AvgIpc) is 2.71. The number of esters is 1. The monoisotopic (exact) mass is 402 g/mol. The van der Waals surface area contributed by atoms with Crippen LogP contribution in [0, 0.1) is 18.3 Å². The summed E-state index contributed by atoms with van der Waals surface area (Å²) in [6.07, 6.45) is 6.35. The highest BCUT2D eigenvalue weighted by atomic mass is 16.5. The van der Waals surface area contributed by atoms with Crippen LogP contribution in [0.25, 0.3) is 0 Å². The van der Waals surface area contributed by atoms with E-state index in [2.05, 4.69) is 16.6 Å². The number of amides is 2. The minimum absolute atomic E-state index is 0.0968. The van der Waals surface area contributed by atoms with Gasteiger partial charge in [0.1, 0.15) is 18.7 Å². The molecule has 158 valence electrons. The lowest BCUT2D eigenvalue weighted by Gasteiger charge is -2.23. The van der Waals surface area contributed by atoms with E-state index in [1.165, 1.54) is 7.11 Å². The van der Waals surface area contributed by atoms with Crippen molar-refractivity contribution in [2.24, 2.45) is 5.92 Å². The zero-order chi connectivity index (χ0) is 21.6. The number of hydrogen-bond donors (Lipinski definition) is 2. The maximum Gasteiger partial charge on any atom is 0.408 e. The van der Waals surface area contributed by atoms with Crippen LogP contribution >= 0.6 is 0 Å². The second-order valence-electron chi connectivity index (χ2n) is 7.07. The fraction of sp³-hybridized carbons (Fsp3) is 0.500. The fourth-order valence-electron chi connectivity index (χ4n) is 2.68. The van der Waals surface area contributed by atoms with E-state index >= 15 is 0 Å². The number of carbonyl (C=O) groups is 3. The summed E-state index contributed by atoms with van der Waals surface area (Å²) in [5, 5.41) is 5.25. The average molecular weight is 402 g/mol. The number of terminal acetylenes is 1. The van der Waals surface area contributed by atoms with Gasteiger partial charge in [-0.25, -0.2) is 9.59 Å². The topological polar surface area (TPSA) is 93.7 Å². The number of benzene rings is 1. The van der Waals surface area contributed by atoms with Crippen molar-refractivity contribution in [3.05, 3.63) is 35.9 Å². The molecule has 0 bridgehead atoms. The third kappa shape index (κ3) is 9.65. The van der Waals surface area contributed by atoms with Gasteiger partial charge < -0.3 is 20.1 Å². The summed E-state index contributed by atoms with van der Waals surface area (Å²) in [7, 11) is 1.26.